The number of hydrogen-bond acceptors (Lipinski definition) is 8. The number of carbonyl (C=O) groups excluding carboxylic acids is 1. The molecular formula is C19H24N4O6S. The molecule has 2 aromatic rings. The molecule has 2 aliphatic rings. The highest BCUT2D eigenvalue weighted by Crippen LogP contribution is 2.28. The molecule has 11 heteroatoms. The number of sulfonamides is 1. The first kappa shape index (κ1) is 20.9. The number of hydrogen-bond donors (Lipinski definition) is 1. The van der Waals surface area contributed by atoms with E-state index >= 15 is 0 Å². The second kappa shape index (κ2) is 8.80. The van der Waals surface area contributed by atoms with Gasteiger partial charge in [0.15, 0.2) is 0 Å². The normalized spacial score (nSPS) is 21.9. The van der Waals surface area contributed by atoms with Gasteiger partial charge in [0.1, 0.15) is 6.10 Å². The molecule has 2 fully saturated rings. The third-order valence-corrected chi connectivity index (χ3v) is 7.01. The minimum Gasteiger partial charge on any atom is -0.405 e. The fraction of sp³-hybridized carbons (Fsp3) is 0.526. The molecule has 0 saturated carbocycles. The first-order valence-electron chi connectivity index (χ1n) is 9.88. The van der Waals surface area contributed by atoms with Gasteiger partial charge in [-0.25, -0.2) is 8.42 Å². The molecule has 4 rings (SSSR count). The summed E-state index contributed by atoms with van der Waals surface area (Å²) in [7, 11) is -2.14. The van der Waals surface area contributed by atoms with Gasteiger partial charge in [-0.05, 0) is 49.9 Å². The minimum absolute atomic E-state index is 0.0292. The Morgan fingerprint density at radius 2 is 1.87 bits per heavy atom. The summed E-state index contributed by atoms with van der Waals surface area (Å²) < 4.78 is 43.2. The maximum Gasteiger partial charge on any atom is 0.322 e. The summed E-state index contributed by atoms with van der Waals surface area (Å²) in [6.07, 6.45) is 3.20. The summed E-state index contributed by atoms with van der Waals surface area (Å²) in [6.45, 7) is 1.61. The van der Waals surface area contributed by atoms with E-state index in [1.807, 2.05) is 0 Å². The minimum atomic E-state index is -3.67. The number of amides is 1. The Hall–Kier alpha value is -2.34. The zero-order chi connectivity index (χ0) is 21.1. The van der Waals surface area contributed by atoms with E-state index in [-0.39, 0.29) is 28.7 Å². The van der Waals surface area contributed by atoms with Crippen LogP contribution in [-0.2, 0) is 19.5 Å². The number of likely N-dealkylation sites (N-methyl/N-ethyl adjacent to an activating group) is 1. The molecule has 30 heavy (non-hydrogen) atoms. The van der Waals surface area contributed by atoms with Crippen molar-refractivity contribution in [2.24, 2.45) is 0 Å². The maximum absolute atomic E-state index is 12.7. The van der Waals surface area contributed by atoms with Gasteiger partial charge in [-0.2, -0.15) is 4.31 Å². The van der Waals surface area contributed by atoms with E-state index < -0.39 is 15.9 Å². The van der Waals surface area contributed by atoms with Gasteiger partial charge in [0.2, 0.25) is 15.9 Å². The predicted molar refractivity (Wildman–Crippen MR) is 105 cm³/mol. The van der Waals surface area contributed by atoms with E-state index in [1.165, 1.54) is 35.6 Å². The quantitative estimate of drug-likeness (QED) is 0.699. The zero-order valence-electron chi connectivity index (χ0n) is 16.6. The molecule has 3 heterocycles. The molecule has 0 radical (unpaired) electrons. The lowest BCUT2D eigenvalue weighted by Crippen LogP contribution is -2.34. The van der Waals surface area contributed by atoms with Crippen LogP contribution >= 0.6 is 0 Å². The van der Waals surface area contributed by atoms with Crippen molar-refractivity contribution < 1.29 is 27.1 Å². The largest absolute Gasteiger partial charge is 0.405 e. The second-order valence-corrected chi connectivity index (χ2v) is 9.39. The molecule has 162 valence electrons. The van der Waals surface area contributed by atoms with Crippen molar-refractivity contribution in [3.8, 4) is 0 Å². The molecule has 2 unspecified atom stereocenters. The van der Waals surface area contributed by atoms with Crippen LogP contribution in [0.4, 0.5) is 6.01 Å². The topological polar surface area (TPSA) is 124 Å². The number of nitrogens with one attached hydrogen (secondary N) is 1. The van der Waals surface area contributed by atoms with Gasteiger partial charge in [-0.15, -0.1) is 5.10 Å². The summed E-state index contributed by atoms with van der Waals surface area (Å²) >= 11 is 0. The summed E-state index contributed by atoms with van der Waals surface area (Å²) in [5, 5.41) is 10.2. The van der Waals surface area contributed by atoms with Crippen molar-refractivity contribution in [2.45, 2.75) is 42.8 Å². The van der Waals surface area contributed by atoms with Crippen molar-refractivity contribution in [1.82, 2.24) is 14.5 Å². The highest BCUT2D eigenvalue weighted by atomic mass is 32.2. The molecule has 1 aromatic carbocycles. The van der Waals surface area contributed by atoms with Crippen LogP contribution in [0.25, 0.3) is 0 Å². The SMILES string of the molecule is CN(CC1CCCO1)S(=O)(=O)c1ccc(C(=O)Nc2nnc(C3CCCO3)o2)cc1. The third-order valence-electron chi connectivity index (χ3n) is 5.18. The Balaban J connectivity index is 1.39. The van der Waals surface area contributed by atoms with E-state index in [0.717, 1.165) is 25.7 Å². The fourth-order valence-corrected chi connectivity index (χ4v) is 4.69. The van der Waals surface area contributed by atoms with Gasteiger partial charge in [0.25, 0.3) is 5.91 Å². The molecule has 0 spiro atoms. The summed E-state index contributed by atoms with van der Waals surface area (Å²) in [5.74, 6) is -0.146. The lowest BCUT2D eigenvalue weighted by Gasteiger charge is -2.20. The first-order valence-corrected chi connectivity index (χ1v) is 11.3. The highest BCUT2D eigenvalue weighted by molar-refractivity contribution is 7.89. The predicted octanol–water partition coefficient (Wildman–Crippen LogP) is 1.97. The Bertz CT molecular complexity index is 979. The van der Waals surface area contributed by atoms with Gasteiger partial charge in [0, 0.05) is 32.4 Å². The molecular weight excluding hydrogens is 412 g/mol. The molecule has 1 N–H and O–H groups in total. The number of rotatable bonds is 7. The Morgan fingerprint density at radius 3 is 2.53 bits per heavy atom. The van der Waals surface area contributed by atoms with E-state index in [2.05, 4.69) is 15.5 Å². The van der Waals surface area contributed by atoms with Crippen molar-refractivity contribution in [3.05, 3.63) is 35.7 Å². The fourth-order valence-electron chi connectivity index (χ4n) is 3.49. The Kier molecular flexibility index (Phi) is 6.14. The Labute approximate surface area is 174 Å². The van der Waals surface area contributed by atoms with Crippen molar-refractivity contribution in [3.63, 3.8) is 0 Å². The molecule has 1 aromatic heterocycles. The molecule has 2 aliphatic heterocycles. The maximum atomic E-state index is 12.7. The van der Waals surface area contributed by atoms with Crippen LogP contribution in [0.1, 0.15) is 48.0 Å². The van der Waals surface area contributed by atoms with Gasteiger partial charge in [-0.1, -0.05) is 5.10 Å². The van der Waals surface area contributed by atoms with E-state index in [4.69, 9.17) is 13.9 Å². The molecule has 0 bridgehead atoms. The van der Waals surface area contributed by atoms with Crippen molar-refractivity contribution >= 4 is 21.9 Å². The van der Waals surface area contributed by atoms with Crippen LogP contribution < -0.4 is 5.32 Å². The number of benzene rings is 1. The lowest BCUT2D eigenvalue weighted by atomic mass is 10.2. The van der Waals surface area contributed by atoms with Gasteiger partial charge >= 0.3 is 6.01 Å². The average Bonchev–Trinajstić information content (AvgIpc) is 3.50. The third kappa shape index (κ3) is 4.53. The van der Waals surface area contributed by atoms with E-state index in [9.17, 15) is 13.2 Å². The first-order chi connectivity index (χ1) is 14.4. The lowest BCUT2D eigenvalue weighted by molar-refractivity contribution is 0.0893. The second-order valence-electron chi connectivity index (χ2n) is 7.35. The summed E-state index contributed by atoms with van der Waals surface area (Å²) in [6, 6.07) is 5.67. The van der Waals surface area contributed by atoms with Crippen LogP contribution in [-0.4, -0.2) is 61.7 Å². The van der Waals surface area contributed by atoms with Crippen LogP contribution in [0.5, 0.6) is 0 Å². The van der Waals surface area contributed by atoms with Gasteiger partial charge in [0.05, 0.1) is 11.0 Å². The number of aromatic nitrogens is 2. The number of nitrogens with zero attached hydrogens (tertiary/aromatic N) is 3. The highest BCUT2D eigenvalue weighted by Gasteiger charge is 2.27. The van der Waals surface area contributed by atoms with Gasteiger partial charge in [-0.3, -0.25) is 10.1 Å². The van der Waals surface area contributed by atoms with Crippen molar-refractivity contribution in [2.75, 3.05) is 32.1 Å². The molecule has 2 saturated heterocycles. The average molecular weight is 436 g/mol. The smallest absolute Gasteiger partial charge is 0.322 e. The van der Waals surface area contributed by atoms with Crippen LogP contribution in [0.2, 0.25) is 0 Å². The van der Waals surface area contributed by atoms with Crippen LogP contribution in [0, 0.1) is 0 Å². The van der Waals surface area contributed by atoms with Crippen LogP contribution in [0.3, 0.4) is 0 Å². The zero-order valence-corrected chi connectivity index (χ0v) is 17.4. The number of anilines is 1. The van der Waals surface area contributed by atoms with Gasteiger partial charge < -0.3 is 13.9 Å². The molecule has 1 amide bonds. The van der Waals surface area contributed by atoms with Crippen molar-refractivity contribution in [1.29, 1.82) is 0 Å². The van der Waals surface area contributed by atoms with E-state index in [0.29, 0.717) is 25.6 Å². The monoisotopic (exact) mass is 436 g/mol. The molecule has 2 atom stereocenters. The molecule has 0 aliphatic carbocycles. The number of ether oxygens (including phenoxy) is 2. The Morgan fingerprint density at radius 1 is 1.13 bits per heavy atom. The standard InChI is InChI=1S/C19H24N4O6S/c1-23(12-14-4-2-10-27-14)30(25,26)15-8-6-13(7-9-15)17(24)20-19-22-21-18(29-19)16-5-3-11-28-16/h6-9,14,16H,2-5,10-12H2,1H3,(H,20,22,24). The van der Waals surface area contributed by atoms with Crippen LogP contribution in [0.15, 0.2) is 33.6 Å². The summed E-state index contributed by atoms with van der Waals surface area (Å²) in [4.78, 5) is 12.5. The summed E-state index contributed by atoms with van der Waals surface area (Å²) in [5.41, 5.74) is 0.271. The van der Waals surface area contributed by atoms with E-state index in [1.54, 1.807) is 0 Å². The molecule has 10 nitrogen and oxygen atoms in total. The number of carbonyl (C=O) groups is 1.